The summed E-state index contributed by atoms with van der Waals surface area (Å²) in [5, 5.41) is 3.62. The summed E-state index contributed by atoms with van der Waals surface area (Å²) < 4.78 is 44.5. The van der Waals surface area contributed by atoms with E-state index in [9.17, 15) is 13.2 Å². The van der Waals surface area contributed by atoms with Gasteiger partial charge in [0.15, 0.2) is 0 Å². The van der Waals surface area contributed by atoms with E-state index in [0.717, 1.165) is 38.5 Å². The molecule has 2 aliphatic rings. The quantitative estimate of drug-likeness (QED) is 0.345. The van der Waals surface area contributed by atoms with Crippen LogP contribution in [-0.2, 0) is 10.0 Å². The lowest BCUT2D eigenvalue weighted by Crippen LogP contribution is -2.36. The van der Waals surface area contributed by atoms with Crippen LogP contribution in [0.25, 0.3) is 22.2 Å². The van der Waals surface area contributed by atoms with E-state index >= 15 is 4.39 Å². The van der Waals surface area contributed by atoms with Gasteiger partial charge < -0.3 is 10.2 Å². The molecule has 2 saturated carbocycles. The predicted molar refractivity (Wildman–Crippen MR) is 165 cm³/mol. The monoisotopic (exact) mass is 606 g/mol. The molecular formula is C29H40ClFN6O3S. The summed E-state index contributed by atoms with van der Waals surface area (Å²) >= 11 is 0. The third-order valence-electron chi connectivity index (χ3n) is 8.32. The Morgan fingerprint density at radius 2 is 1.73 bits per heavy atom. The Morgan fingerprint density at radius 3 is 2.34 bits per heavy atom. The smallest absolute Gasteiger partial charge is 0.260 e. The van der Waals surface area contributed by atoms with E-state index in [1.165, 1.54) is 12.1 Å². The van der Waals surface area contributed by atoms with Crippen LogP contribution in [0.3, 0.4) is 0 Å². The lowest BCUT2D eigenvalue weighted by molar-refractivity contribution is 0.221. The van der Waals surface area contributed by atoms with Crippen LogP contribution in [0.4, 0.5) is 16.0 Å². The number of nitrogens with one attached hydrogen (secondary N) is 2. The lowest BCUT2D eigenvalue weighted by Gasteiger charge is -2.33. The molecule has 0 bridgehead atoms. The fraction of sp³-hybridized carbons (Fsp3) is 0.552. The van der Waals surface area contributed by atoms with Gasteiger partial charge in [-0.15, -0.1) is 12.4 Å². The van der Waals surface area contributed by atoms with Crippen LogP contribution in [0.15, 0.2) is 35.3 Å². The number of anilines is 2. The van der Waals surface area contributed by atoms with Gasteiger partial charge in [-0.2, -0.15) is 4.98 Å². The van der Waals surface area contributed by atoms with Crippen molar-refractivity contribution in [1.29, 1.82) is 0 Å². The minimum absolute atomic E-state index is 0. The van der Waals surface area contributed by atoms with E-state index in [2.05, 4.69) is 34.0 Å². The van der Waals surface area contributed by atoms with Gasteiger partial charge in [0.25, 0.3) is 5.56 Å². The van der Waals surface area contributed by atoms with Gasteiger partial charge in [0, 0.05) is 35.3 Å². The molecule has 2 heterocycles. The maximum atomic E-state index is 15.1. The van der Waals surface area contributed by atoms with Gasteiger partial charge in [0.1, 0.15) is 11.5 Å². The molecule has 0 unspecified atom stereocenters. The van der Waals surface area contributed by atoms with Gasteiger partial charge in [-0.3, -0.25) is 14.1 Å². The number of pyridine rings is 1. The molecule has 12 heteroatoms. The molecule has 2 fully saturated rings. The molecule has 224 valence electrons. The standard InChI is InChI=1S/C29H39FN6O3S.ClH/c1-18(2)36-27-20(17-31-29(33-27)32-21-10-12-22(13-11-21)35(3)4)15-24(28(36)37)19-9-14-26(25(30)16-19)34-40(38,39)23-7-5-6-8-23;/h9,14-18,21-23,34H,5-8,10-13H2,1-4H3,(H,31,32,33);1H. The lowest BCUT2D eigenvalue weighted by atomic mass is 9.91. The van der Waals surface area contributed by atoms with E-state index in [4.69, 9.17) is 4.98 Å². The average Bonchev–Trinajstić information content (AvgIpc) is 3.46. The Hall–Kier alpha value is -2.76. The number of halogens is 2. The first-order valence-corrected chi connectivity index (χ1v) is 15.7. The summed E-state index contributed by atoms with van der Waals surface area (Å²) in [6.07, 6.45) is 8.84. The SMILES string of the molecule is CC(C)n1c(=O)c(-c2ccc(NS(=O)(=O)C3CCCC3)c(F)c2)cc2cnc(NC3CCC(N(C)C)CC3)nc21.Cl. The summed E-state index contributed by atoms with van der Waals surface area (Å²) in [6.45, 7) is 3.81. The van der Waals surface area contributed by atoms with Crippen molar-refractivity contribution in [3.05, 3.63) is 46.6 Å². The van der Waals surface area contributed by atoms with Gasteiger partial charge in [0.2, 0.25) is 16.0 Å². The zero-order valence-electron chi connectivity index (χ0n) is 24.1. The molecule has 9 nitrogen and oxygen atoms in total. The first-order valence-electron chi connectivity index (χ1n) is 14.2. The molecule has 0 aliphatic heterocycles. The van der Waals surface area contributed by atoms with Crippen molar-refractivity contribution in [3.63, 3.8) is 0 Å². The van der Waals surface area contributed by atoms with Crippen LogP contribution >= 0.6 is 12.4 Å². The molecule has 0 saturated heterocycles. The van der Waals surface area contributed by atoms with Gasteiger partial charge in [-0.25, -0.2) is 17.8 Å². The largest absolute Gasteiger partial charge is 0.351 e. The predicted octanol–water partition coefficient (Wildman–Crippen LogP) is 5.57. The second-order valence-corrected chi connectivity index (χ2v) is 13.6. The van der Waals surface area contributed by atoms with Gasteiger partial charge in [0.05, 0.1) is 10.9 Å². The van der Waals surface area contributed by atoms with Crippen LogP contribution in [0.1, 0.15) is 71.3 Å². The number of nitrogens with zero attached hydrogens (tertiary/aromatic N) is 4. The Bertz CT molecular complexity index is 1550. The van der Waals surface area contributed by atoms with Gasteiger partial charge in [-0.1, -0.05) is 18.9 Å². The van der Waals surface area contributed by atoms with E-state index in [1.54, 1.807) is 22.9 Å². The first-order chi connectivity index (χ1) is 19.0. The van der Waals surface area contributed by atoms with Crippen LogP contribution in [0, 0.1) is 5.82 Å². The van der Waals surface area contributed by atoms with Crippen LogP contribution in [0.5, 0.6) is 0 Å². The molecule has 0 radical (unpaired) electrons. The van der Waals surface area contributed by atoms with Gasteiger partial charge in [-0.05, 0) is 90.2 Å². The summed E-state index contributed by atoms with van der Waals surface area (Å²) in [7, 11) is 0.563. The van der Waals surface area contributed by atoms with Crippen molar-refractivity contribution in [1.82, 2.24) is 19.4 Å². The van der Waals surface area contributed by atoms with Crippen molar-refractivity contribution in [2.75, 3.05) is 24.1 Å². The number of benzene rings is 1. The minimum Gasteiger partial charge on any atom is -0.351 e. The maximum absolute atomic E-state index is 15.1. The average molecular weight is 607 g/mol. The number of hydrogen-bond donors (Lipinski definition) is 2. The van der Waals surface area contributed by atoms with E-state index in [1.807, 2.05) is 13.8 Å². The number of fused-ring (bicyclic) bond motifs is 1. The highest BCUT2D eigenvalue weighted by atomic mass is 35.5. The van der Waals surface area contributed by atoms with Crippen LogP contribution in [0.2, 0.25) is 0 Å². The normalized spacial score (nSPS) is 20.0. The second-order valence-electron chi connectivity index (χ2n) is 11.7. The minimum atomic E-state index is -3.67. The third kappa shape index (κ3) is 6.67. The number of aromatic nitrogens is 3. The van der Waals surface area contributed by atoms with E-state index in [0.29, 0.717) is 47.0 Å². The molecule has 3 aromatic rings. The topological polar surface area (TPSA) is 109 Å². The molecule has 2 aromatic heterocycles. The zero-order chi connectivity index (χ0) is 28.6. The fourth-order valence-corrected chi connectivity index (χ4v) is 7.59. The Morgan fingerprint density at radius 1 is 1.05 bits per heavy atom. The number of rotatable bonds is 8. The summed E-state index contributed by atoms with van der Waals surface area (Å²) in [5.41, 5.74) is 0.778. The van der Waals surface area contributed by atoms with E-state index in [-0.39, 0.29) is 35.7 Å². The summed E-state index contributed by atoms with van der Waals surface area (Å²) in [6, 6.07) is 6.51. The Kier molecular flexibility index (Phi) is 9.60. The summed E-state index contributed by atoms with van der Waals surface area (Å²) in [5.74, 6) is -0.234. The van der Waals surface area contributed by atoms with Crippen LogP contribution in [-0.4, -0.2) is 59.3 Å². The number of hydrogen-bond acceptors (Lipinski definition) is 7. The van der Waals surface area contributed by atoms with E-state index < -0.39 is 21.1 Å². The summed E-state index contributed by atoms with van der Waals surface area (Å²) in [4.78, 5) is 25.2. The molecule has 2 aliphatic carbocycles. The Labute approximate surface area is 247 Å². The molecule has 0 atom stereocenters. The van der Waals surface area contributed by atoms with Crippen LogP contribution < -0.4 is 15.6 Å². The molecule has 0 amide bonds. The number of sulfonamides is 1. The second kappa shape index (κ2) is 12.6. The molecular weight excluding hydrogens is 567 g/mol. The maximum Gasteiger partial charge on any atom is 0.260 e. The molecule has 5 rings (SSSR count). The zero-order valence-corrected chi connectivity index (χ0v) is 25.7. The molecule has 2 N–H and O–H groups in total. The van der Waals surface area contributed by atoms with Crippen molar-refractivity contribution >= 4 is 45.1 Å². The fourth-order valence-electron chi connectivity index (χ4n) is 6.00. The highest BCUT2D eigenvalue weighted by Crippen LogP contribution is 2.30. The van der Waals surface area contributed by atoms with Crippen molar-refractivity contribution in [2.45, 2.75) is 88.6 Å². The molecule has 1 aromatic carbocycles. The molecule has 41 heavy (non-hydrogen) atoms. The van der Waals surface area contributed by atoms with Crippen molar-refractivity contribution in [2.24, 2.45) is 0 Å². The van der Waals surface area contributed by atoms with Gasteiger partial charge >= 0.3 is 0 Å². The Balaban J connectivity index is 0.00000387. The first kappa shape index (κ1) is 31.2. The van der Waals surface area contributed by atoms with Crippen molar-refractivity contribution in [3.8, 4) is 11.1 Å². The highest BCUT2D eigenvalue weighted by molar-refractivity contribution is 7.93. The highest BCUT2D eigenvalue weighted by Gasteiger charge is 2.29. The molecule has 0 spiro atoms. The van der Waals surface area contributed by atoms with Crippen molar-refractivity contribution < 1.29 is 12.8 Å². The third-order valence-corrected chi connectivity index (χ3v) is 10.2.